The summed E-state index contributed by atoms with van der Waals surface area (Å²) in [4.78, 5) is 51.4. The van der Waals surface area contributed by atoms with Crippen LogP contribution in [0, 0.1) is 5.92 Å². The first-order valence-corrected chi connectivity index (χ1v) is 28.4. The number of rotatable bonds is 16. The first-order chi connectivity index (χ1) is 40.7. The molecule has 0 unspecified atom stereocenters. The van der Waals surface area contributed by atoms with Gasteiger partial charge in [-0.1, -0.05) is 250 Å². The van der Waals surface area contributed by atoms with E-state index in [0.717, 1.165) is 68.5 Å². The Labute approximate surface area is 482 Å². The Hall–Kier alpha value is -9.75. The third-order valence-electron chi connectivity index (χ3n) is 17.2. The number of hydrazine groups is 1. The molecule has 2 amide bonds. The van der Waals surface area contributed by atoms with E-state index < -0.39 is 28.6 Å². The molecule has 0 saturated carbocycles. The fourth-order valence-electron chi connectivity index (χ4n) is 13.2. The van der Waals surface area contributed by atoms with Gasteiger partial charge >= 0.3 is 0 Å². The number of aromatic nitrogens is 6. The standard InChI is InChI=1S/C71H61N9O3/c1-4-5-40-62-72-61-46-45-57(69(2)63-64(68(83)77(3)67(63)82)79(74-69)70(51-26-12-6-13-27-51,52-28-14-7-15-29-52)53-30-16-8-17-31-53)47-60(61)66(81)78(62)48-49-41-43-50(44-42-49)58-38-24-25-39-59(58)65-73-75-76-80(65)71(54-32-18-9-19-33-54,55-34-20-10-21-35-55)56-36-22-11-23-37-56/h6-39,41-47,63-64,74H,4-5,40,48H2,1-3H3/t63-,64+,69+/m0/s1. The van der Waals surface area contributed by atoms with Gasteiger partial charge in [0.25, 0.3) is 5.56 Å². The van der Waals surface area contributed by atoms with E-state index in [1.165, 1.54) is 4.90 Å². The molecule has 83 heavy (non-hydrogen) atoms. The van der Waals surface area contributed by atoms with Crippen molar-refractivity contribution in [1.29, 1.82) is 0 Å². The van der Waals surface area contributed by atoms with E-state index in [1.54, 1.807) is 11.6 Å². The van der Waals surface area contributed by atoms with Crippen molar-refractivity contribution >= 4 is 22.7 Å². The summed E-state index contributed by atoms with van der Waals surface area (Å²) in [7, 11) is 1.57. The number of hydrogen-bond acceptors (Lipinski definition) is 9. The molecule has 12 nitrogen and oxygen atoms in total. The number of tetrazole rings is 1. The topological polar surface area (TPSA) is 131 Å². The monoisotopic (exact) mass is 1090 g/mol. The molecular weight excluding hydrogens is 1030 g/mol. The lowest BCUT2D eigenvalue weighted by Crippen LogP contribution is -2.59. The minimum absolute atomic E-state index is 0.184. The zero-order valence-corrected chi connectivity index (χ0v) is 46.5. The first-order valence-electron chi connectivity index (χ1n) is 28.4. The van der Waals surface area contributed by atoms with Gasteiger partial charge < -0.3 is 0 Å². The van der Waals surface area contributed by atoms with Gasteiger partial charge in [-0.3, -0.25) is 23.9 Å². The number of benzene rings is 9. The highest BCUT2D eigenvalue weighted by atomic mass is 16.2. The van der Waals surface area contributed by atoms with Crippen LogP contribution in [0.25, 0.3) is 33.4 Å². The molecule has 0 spiro atoms. The van der Waals surface area contributed by atoms with Gasteiger partial charge in [0.05, 0.1) is 28.9 Å². The van der Waals surface area contributed by atoms with Crippen LogP contribution in [0.4, 0.5) is 0 Å². The van der Waals surface area contributed by atoms with Crippen LogP contribution in [0.5, 0.6) is 0 Å². The molecule has 408 valence electrons. The summed E-state index contributed by atoms with van der Waals surface area (Å²) in [6.45, 7) is 4.39. The van der Waals surface area contributed by atoms with Gasteiger partial charge in [0, 0.05) is 19.0 Å². The third kappa shape index (κ3) is 8.63. The second-order valence-electron chi connectivity index (χ2n) is 21.9. The molecule has 11 aromatic rings. The Bertz CT molecular complexity index is 4010. The molecule has 2 aliphatic rings. The molecule has 13 rings (SSSR count). The molecular formula is C71H61N9O3. The Balaban J connectivity index is 0.888. The van der Waals surface area contributed by atoms with Crippen LogP contribution < -0.4 is 11.0 Å². The second kappa shape index (κ2) is 21.6. The number of nitrogens with zero attached hydrogens (tertiary/aromatic N) is 8. The summed E-state index contributed by atoms with van der Waals surface area (Å²) in [6.07, 6.45) is 2.39. The number of hydrogen-bond donors (Lipinski definition) is 1. The molecule has 0 bridgehead atoms. The van der Waals surface area contributed by atoms with Crippen LogP contribution in [0.2, 0.25) is 0 Å². The molecule has 1 N–H and O–H groups in total. The highest BCUT2D eigenvalue weighted by molar-refractivity contribution is 6.08. The van der Waals surface area contributed by atoms with Gasteiger partial charge in [-0.25, -0.2) is 20.1 Å². The minimum atomic E-state index is -1.17. The van der Waals surface area contributed by atoms with Crippen LogP contribution in [0.1, 0.15) is 77.0 Å². The van der Waals surface area contributed by atoms with E-state index in [4.69, 9.17) is 15.3 Å². The van der Waals surface area contributed by atoms with Crippen molar-refractivity contribution in [3.63, 3.8) is 0 Å². The second-order valence-corrected chi connectivity index (χ2v) is 21.9. The zero-order chi connectivity index (χ0) is 56.7. The van der Waals surface area contributed by atoms with Gasteiger partial charge in [0.2, 0.25) is 11.8 Å². The SMILES string of the molecule is CCCCc1nc2ccc([C@@]3(C)NN(C(c4ccccc4)(c4ccccc4)c4ccccc4)[C@H]4C(=O)N(C)C(=O)[C@H]43)cc2c(=O)n1Cc1ccc(-c2ccccc2-c2nnnn2C(c2ccccc2)(c2ccccc2)c2ccccc2)cc1. The van der Waals surface area contributed by atoms with Gasteiger partial charge in [0.1, 0.15) is 22.9 Å². The molecule has 0 aliphatic carbocycles. The average molecular weight is 1090 g/mol. The van der Waals surface area contributed by atoms with Crippen molar-refractivity contribution in [2.45, 2.75) is 62.3 Å². The number of nitrogens with one attached hydrogen (secondary N) is 1. The van der Waals surface area contributed by atoms with E-state index >= 15 is 4.79 Å². The predicted octanol–water partition coefficient (Wildman–Crippen LogP) is 12.0. The summed E-state index contributed by atoms with van der Waals surface area (Å²) in [5.74, 6) is -0.165. The number of amides is 2. The Morgan fingerprint density at radius 3 is 1.54 bits per heavy atom. The van der Waals surface area contributed by atoms with Gasteiger partial charge in [-0.05, 0) is 91.5 Å². The summed E-state index contributed by atoms with van der Waals surface area (Å²) < 4.78 is 3.76. The Kier molecular flexibility index (Phi) is 13.7. The summed E-state index contributed by atoms with van der Waals surface area (Å²) in [5, 5.41) is 16.5. The minimum Gasteiger partial charge on any atom is -0.292 e. The maximum absolute atomic E-state index is 15.4. The van der Waals surface area contributed by atoms with E-state index in [-0.39, 0.29) is 23.9 Å². The van der Waals surface area contributed by atoms with Crippen molar-refractivity contribution in [3.05, 3.63) is 309 Å². The van der Waals surface area contributed by atoms with Crippen LogP contribution in [0.3, 0.4) is 0 Å². The van der Waals surface area contributed by atoms with Gasteiger partial charge in [-0.15, -0.1) is 5.10 Å². The highest BCUT2D eigenvalue weighted by Crippen LogP contribution is 2.53. The molecule has 2 fully saturated rings. The number of carbonyl (C=O) groups excluding carboxylic acids is 2. The average Bonchev–Trinajstić information content (AvgIpc) is 2.69. The molecule has 12 heteroatoms. The summed E-state index contributed by atoms with van der Waals surface area (Å²) >= 11 is 0. The normalized spacial score (nSPS) is 17.3. The fraction of sp³-hybridized carbons (Fsp3) is 0.169. The molecule has 9 aromatic carbocycles. The number of unbranched alkanes of at least 4 members (excludes halogenated alkanes) is 1. The molecule has 2 aromatic heterocycles. The number of likely N-dealkylation sites (N-methyl/N-ethyl adjacent to an activating group) is 1. The number of likely N-dealkylation sites (tertiary alicyclic amines) is 1. The quantitative estimate of drug-likeness (QED) is 0.0742. The molecule has 2 saturated heterocycles. The van der Waals surface area contributed by atoms with Crippen molar-refractivity contribution in [1.82, 2.24) is 45.1 Å². The lowest BCUT2D eigenvalue weighted by Gasteiger charge is -2.46. The van der Waals surface area contributed by atoms with E-state index in [1.807, 2.05) is 156 Å². The lowest BCUT2D eigenvalue weighted by atomic mass is 9.74. The summed E-state index contributed by atoms with van der Waals surface area (Å²) in [6, 6.07) is 82.9. The van der Waals surface area contributed by atoms with E-state index in [0.29, 0.717) is 34.5 Å². The molecule has 2 aliphatic heterocycles. The van der Waals surface area contributed by atoms with Crippen LogP contribution in [-0.4, -0.2) is 64.6 Å². The van der Waals surface area contributed by atoms with Gasteiger partial charge in [0.15, 0.2) is 5.82 Å². The lowest BCUT2D eigenvalue weighted by molar-refractivity contribution is -0.141. The maximum Gasteiger partial charge on any atom is 0.261 e. The molecule has 0 radical (unpaired) electrons. The molecule has 4 heterocycles. The van der Waals surface area contributed by atoms with E-state index in [9.17, 15) is 9.59 Å². The smallest absolute Gasteiger partial charge is 0.261 e. The van der Waals surface area contributed by atoms with Crippen molar-refractivity contribution in [2.75, 3.05) is 7.05 Å². The van der Waals surface area contributed by atoms with Crippen molar-refractivity contribution in [2.24, 2.45) is 5.92 Å². The van der Waals surface area contributed by atoms with Crippen LogP contribution in [0.15, 0.2) is 254 Å². The predicted molar refractivity (Wildman–Crippen MR) is 324 cm³/mol. The number of fused-ring (bicyclic) bond motifs is 2. The maximum atomic E-state index is 15.4. The number of imide groups is 1. The molecule has 3 atom stereocenters. The largest absolute Gasteiger partial charge is 0.292 e. The Morgan fingerprint density at radius 1 is 0.554 bits per heavy atom. The Morgan fingerprint density at radius 2 is 1.04 bits per heavy atom. The first kappa shape index (κ1) is 52.6. The highest BCUT2D eigenvalue weighted by Gasteiger charge is 2.67. The van der Waals surface area contributed by atoms with Crippen LogP contribution in [-0.2, 0) is 39.2 Å². The zero-order valence-electron chi connectivity index (χ0n) is 46.5. The number of aryl methyl sites for hydroxylation is 1. The fourth-order valence-corrected chi connectivity index (χ4v) is 13.2. The van der Waals surface area contributed by atoms with Crippen molar-refractivity contribution in [3.8, 4) is 22.5 Å². The third-order valence-corrected chi connectivity index (χ3v) is 17.2. The summed E-state index contributed by atoms with van der Waals surface area (Å²) in [5.41, 5.74) is 11.2. The van der Waals surface area contributed by atoms with Crippen molar-refractivity contribution < 1.29 is 9.59 Å². The van der Waals surface area contributed by atoms with Crippen LogP contribution >= 0.6 is 0 Å². The van der Waals surface area contributed by atoms with E-state index in [2.05, 4.69) is 127 Å². The number of carbonyl (C=O) groups is 2. The van der Waals surface area contributed by atoms with Gasteiger partial charge in [-0.2, -0.15) is 0 Å².